The quantitative estimate of drug-likeness (QED) is 0.769. The van der Waals surface area contributed by atoms with Gasteiger partial charge in [0.1, 0.15) is 11.9 Å². The average molecular weight is 352 g/mol. The van der Waals surface area contributed by atoms with Crippen molar-refractivity contribution in [3.05, 3.63) is 36.0 Å². The fraction of sp³-hybridized carbons (Fsp3) is 0.526. The van der Waals surface area contributed by atoms with Gasteiger partial charge in [0, 0.05) is 30.2 Å². The van der Waals surface area contributed by atoms with Crippen molar-refractivity contribution in [3.63, 3.8) is 0 Å². The molecule has 1 fully saturated rings. The van der Waals surface area contributed by atoms with Gasteiger partial charge in [0.15, 0.2) is 0 Å². The normalized spacial score (nSPS) is 17.8. The minimum absolute atomic E-state index is 0.0127. The van der Waals surface area contributed by atoms with Crippen LogP contribution >= 0.6 is 0 Å². The van der Waals surface area contributed by atoms with E-state index in [0.717, 1.165) is 32.0 Å². The average Bonchev–Trinajstić information content (AvgIpc) is 2.53. The van der Waals surface area contributed by atoms with Crippen LogP contribution in [0.4, 0.5) is 13.2 Å². The molecule has 136 valence electrons. The molecule has 25 heavy (non-hydrogen) atoms. The van der Waals surface area contributed by atoms with E-state index in [4.69, 9.17) is 4.74 Å². The molecule has 0 amide bonds. The number of nitrogens with zero attached hydrogens (tertiary/aromatic N) is 2. The highest BCUT2D eigenvalue weighted by Crippen LogP contribution is 2.37. The van der Waals surface area contributed by atoms with Gasteiger partial charge in [-0.3, -0.25) is 9.88 Å². The lowest BCUT2D eigenvalue weighted by Crippen LogP contribution is -2.48. The van der Waals surface area contributed by atoms with Gasteiger partial charge in [-0.2, -0.15) is 13.2 Å². The highest BCUT2D eigenvalue weighted by Gasteiger charge is 2.34. The van der Waals surface area contributed by atoms with Crippen molar-refractivity contribution in [2.24, 2.45) is 0 Å². The second-order valence-electron chi connectivity index (χ2n) is 7.48. The van der Waals surface area contributed by atoms with Crippen LogP contribution in [0.15, 0.2) is 30.5 Å². The summed E-state index contributed by atoms with van der Waals surface area (Å²) in [5, 5.41) is 0.413. The highest BCUT2D eigenvalue weighted by atomic mass is 19.4. The van der Waals surface area contributed by atoms with Crippen molar-refractivity contribution in [1.29, 1.82) is 0 Å². The molecule has 6 heteroatoms. The second kappa shape index (κ2) is 6.48. The number of pyridine rings is 1. The standard InChI is InChI=1S/C19H23F3N2O/c1-18(2,3)24-11-8-13(9-12-24)25-16-7-10-23-17-14(16)5-4-6-15(17)19(20,21)22/h4-7,10,13H,8-9,11-12H2,1-3H3. The predicted octanol–water partition coefficient (Wildman–Crippen LogP) is 4.90. The maximum atomic E-state index is 13.2. The maximum Gasteiger partial charge on any atom is 0.418 e. The number of ether oxygens (including phenoxy) is 1. The Kier molecular flexibility index (Phi) is 4.66. The first-order valence-corrected chi connectivity index (χ1v) is 8.53. The molecule has 0 saturated carbocycles. The molecule has 0 N–H and O–H groups in total. The predicted molar refractivity (Wildman–Crippen MR) is 91.7 cm³/mol. The third kappa shape index (κ3) is 3.89. The Balaban J connectivity index is 1.82. The molecule has 0 spiro atoms. The third-order valence-corrected chi connectivity index (χ3v) is 4.72. The van der Waals surface area contributed by atoms with E-state index in [0.29, 0.717) is 11.1 Å². The summed E-state index contributed by atoms with van der Waals surface area (Å²) < 4.78 is 45.6. The number of hydrogen-bond acceptors (Lipinski definition) is 3. The van der Waals surface area contributed by atoms with E-state index in [1.807, 2.05) is 0 Å². The summed E-state index contributed by atoms with van der Waals surface area (Å²) >= 11 is 0. The second-order valence-corrected chi connectivity index (χ2v) is 7.48. The number of alkyl halides is 3. The number of benzene rings is 1. The van der Waals surface area contributed by atoms with Crippen LogP contribution in [-0.2, 0) is 6.18 Å². The van der Waals surface area contributed by atoms with Crippen LogP contribution in [0.3, 0.4) is 0 Å². The molecule has 3 nitrogen and oxygen atoms in total. The molecule has 1 aliphatic rings. The SMILES string of the molecule is CC(C)(C)N1CCC(Oc2ccnc3c(C(F)(F)F)cccc23)CC1. The van der Waals surface area contributed by atoms with Crippen molar-refractivity contribution in [1.82, 2.24) is 9.88 Å². The lowest BCUT2D eigenvalue weighted by atomic mass is 9.99. The van der Waals surface area contributed by atoms with Gasteiger partial charge in [0.25, 0.3) is 0 Å². The van der Waals surface area contributed by atoms with Crippen LogP contribution in [0.5, 0.6) is 5.75 Å². The van der Waals surface area contributed by atoms with Crippen LogP contribution in [-0.4, -0.2) is 34.6 Å². The minimum atomic E-state index is -4.43. The minimum Gasteiger partial charge on any atom is -0.490 e. The van der Waals surface area contributed by atoms with Crippen LogP contribution in [0, 0.1) is 0 Å². The summed E-state index contributed by atoms with van der Waals surface area (Å²) in [4.78, 5) is 6.34. The molecule has 0 unspecified atom stereocenters. The Morgan fingerprint density at radius 3 is 2.36 bits per heavy atom. The van der Waals surface area contributed by atoms with Crippen molar-refractivity contribution in [3.8, 4) is 5.75 Å². The van der Waals surface area contributed by atoms with Gasteiger partial charge < -0.3 is 4.74 Å². The monoisotopic (exact) mass is 352 g/mol. The molecule has 2 aromatic rings. The number of hydrogen-bond donors (Lipinski definition) is 0. The van der Waals surface area contributed by atoms with Gasteiger partial charge in [-0.25, -0.2) is 0 Å². The van der Waals surface area contributed by atoms with Gasteiger partial charge in [-0.15, -0.1) is 0 Å². The molecular formula is C19H23F3N2O. The molecule has 3 rings (SSSR count). The molecule has 0 radical (unpaired) electrons. The zero-order valence-corrected chi connectivity index (χ0v) is 14.7. The van der Waals surface area contributed by atoms with Crippen LogP contribution in [0.2, 0.25) is 0 Å². The lowest BCUT2D eigenvalue weighted by Gasteiger charge is -2.40. The highest BCUT2D eigenvalue weighted by molar-refractivity contribution is 5.87. The Hall–Kier alpha value is -1.82. The Labute approximate surface area is 145 Å². The number of piperidine rings is 1. The third-order valence-electron chi connectivity index (χ3n) is 4.72. The van der Waals surface area contributed by atoms with Crippen LogP contribution in [0.1, 0.15) is 39.2 Å². The van der Waals surface area contributed by atoms with E-state index >= 15 is 0 Å². The van der Waals surface area contributed by atoms with Crippen molar-refractivity contribution < 1.29 is 17.9 Å². The summed E-state index contributed by atoms with van der Waals surface area (Å²) in [6.07, 6.45) is -1.31. The maximum absolute atomic E-state index is 13.2. The summed E-state index contributed by atoms with van der Waals surface area (Å²) in [5.74, 6) is 0.477. The molecule has 1 aromatic carbocycles. The van der Waals surface area contributed by atoms with E-state index in [-0.39, 0.29) is 17.2 Å². The molecule has 1 aliphatic heterocycles. The van der Waals surface area contributed by atoms with Crippen molar-refractivity contribution in [2.75, 3.05) is 13.1 Å². The fourth-order valence-electron chi connectivity index (χ4n) is 3.31. The topological polar surface area (TPSA) is 25.4 Å². The smallest absolute Gasteiger partial charge is 0.418 e. The number of rotatable bonds is 2. The van der Waals surface area contributed by atoms with Gasteiger partial charge >= 0.3 is 6.18 Å². The summed E-state index contributed by atoms with van der Waals surface area (Å²) in [6, 6.07) is 5.75. The van der Waals surface area contributed by atoms with E-state index in [9.17, 15) is 13.2 Å². The molecular weight excluding hydrogens is 329 g/mol. The number of para-hydroxylation sites is 1. The first kappa shape index (κ1) is 18.0. The van der Waals surface area contributed by atoms with Crippen LogP contribution in [0.25, 0.3) is 10.9 Å². The molecule has 0 atom stereocenters. The van der Waals surface area contributed by atoms with E-state index in [2.05, 4.69) is 30.7 Å². The first-order chi connectivity index (χ1) is 11.7. The van der Waals surface area contributed by atoms with Gasteiger partial charge in [0.2, 0.25) is 0 Å². The van der Waals surface area contributed by atoms with Gasteiger partial charge in [0.05, 0.1) is 11.1 Å². The first-order valence-electron chi connectivity index (χ1n) is 8.53. The molecule has 0 aliphatic carbocycles. The number of likely N-dealkylation sites (tertiary alicyclic amines) is 1. The lowest BCUT2D eigenvalue weighted by molar-refractivity contribution is -0.136. The fourth-order valence-corrected chi connectivity index (χ4v) is 3.31. The Morgan fingerprint density at radius 1 is 1.08 bits per heavy atom. The zero-order chi connectivity index (χ0) is 18.2. The number of fused-ring (bicyclic) bond motifs is 1. The molecule has 0 bridgehead atoms. The van der Waals surface area contributed by atoms with E-state index in [1.165, 1.54) is 12.3 Å². The molecule has 2 heterocycles. The Morgan fingerprint density at radius 2 is 1.76 bits per heavy atom. The molecule has 1 saturated heterocycles. The largest absolute Gasteiger partial charge is 0.490 e. The molecule has 1 aromatic heterocycles. The van der Waals surface area contributed by atoms with Crippen LogP contribution < -0.4 is 4.74 Å². The van der Waals surface area contributed by atoms with Crippen molar-refractivity contribution in [2.45, 2.75) is 51.4 Å². The number of aromatic nitrogens is 1. The van der Waals surface area contributed by atoms with E-state index < -0.39 is 11.7 Å². The summed E-state index contributed by atoms with van der Waals surface area (Å²) in [7, 11) is 0. The van der Waals surface area contributed by atoms with Gasteiger partial charge in [-0.1, -0.05) is 6.07 Å². The van der Waals surface area contributed by atoms with Crippen molar-refractivity contribution >= 4 is 10.9 Å². The summed E-state index contributed by atoms with van der Waals surface area (Å²) in [5.41, 5.74) is -0.659. The zero-order valence-electron chi connectivity index (χ0n) is 14.7. The summed E-state index contributed by atoms with van der Waals surface area (Å²) in [6.45, 7) is 8.39. The van der Waals surface area contributed by atoms with E-state index in [1.54, 1.807) is 12.1 Å². The number of halogens is 3. The van der Waals surface area contributed by atoms with Gasteiger partial charge in [-0.05, 0) is 51.8 Å². The Bertz CT molecular complexity index is 744.